The maximum absolute atomic E-state index is 8.51. The van der Waals surface area contributed by atoms with E-state index in [0.29, 0.717) is 6.04 Å². The third-order valence-electron chi connectivity index (χ3n) is 2.82. The Kier molecular flexibility index (Phi) is 4.84. The number of likely N-dealkylation sites (tertiary alicyclic amines) is 1. The second-order valence-corrected chi connectivity index (χ2v) is 4.32. The standard InChI is InChI=1S/C10H22N4O/c1-8(7-14-5-3-4-6-14)12-9(2)10(11)13-15/h8-9,12,15H,3-7H2,1-2H3,(H2,11,13). The summed E-state index contributed by atoms with van der Waals surface area (Å²) in [5, 5.41) is 14.8. The summed E-state index contributed by atoms with van der Waals surface area (Å²) in [5.41, 5.74) is 5.50. The van der Waals surface area contributed by atoms with Crippen LogP contribution in [0.15, 0.2) is 5.16 Å². The van der Waals surface area contributed by atoms with Crippen LogP contribution < -0.4 is 11.1 Å². The summed E-state index contributed by atoms with van der Waals surface area (Å²) in [4.78, 5) is 2.44. The van der Waals surface area contributed by atoms with Crippen molar-refractivity contribution in [3.63, 3.8) is 0 Å². The van der Waals surface area contributed by atoms with Gasteiger partial charge in [0.25, 0.3) is 0 Å². The highest BCUT2D eigenvalue weighted by Gasteiger charge is 2.16. The fourth-order valence-corrected chi connectivity index (χ4v) is 2.00. The number of nitrogens with one attached hydrogen (secondary N) is 1. The van der Waals surface area contributed by atoms with Crippen LogP contribution in [0.5, 0.6) is 0 Å². The molecule has 15 heavy (non-hydrogen) atoms. The van der Waals surface area contributed by atoms with Gasteiger partial charge in [-0.1, -0.05) is 5.16 Å². The van der Waals surface area contributed by atoms with Crippen molar-refractivity contribution < 1.29 is 5.21 Å². The fourth-order valence-electron chi connectivity index (χ4n) is 2.00. The molecule has 1 rings (SSSR count). The van der Waals surface area contributed by atoms with Gasteiger partial charge in [-0.05, 0) is 39.8 Å². The molecule has 88 valence electrons. The monoisotopic (exact) mass is 214 g/mol. The van der Waals surface area contributed by atoms with Gasteiger partial charge in [0.2, 0.25) is 0 Å². The molecule has 2 atom stereocenters. The minimum Gasteiger partial charge on any atom is -0.409 e. The summed E-state index contributed by atoms with van der Waals surface area (Å²) < 4.78 is 0. The lowest BCUT2D eigenvalue weighted by Gasteiger charge is -2.23. The molecule has 0 aliphatic carbocycles. The molecule has 1 heterocycles. The number of hydrogen-bond donors (Lipinski definition) is 3. The highest BCUT2D eigenvalue weighted by molar-refractivity contribution is 5.84. The number of oxime groups is 1. The fraction of sp³-hybridized carbons (Fsp3) is 0.900. The average molecular weight is 214 g/mol. The van der Waals surface area contributed by atoms with Crippen LogP contribution in [0.1, 0.15) is 26.7 Å². The second-order valence-electron chi connectivity index (χ2n) is 4.32. The molecular formula is C10H22N4O. The Balaban J connectivity index is 2.25. The van der Waals surface area contributed by atoms with Crippen molar-refractivity contribution >= 4 is 5.84 Å². The highest BCUT2D eigenvalue weighted by atomic mass is 16.4. The minimum absolute atomic E-state index is 0.0763. The van der Waals surface area contributed by atoms with Crippen molar-refractivity contribution in [2.75, 3.05) is 19.6 Å². The van der Waals surface area contributed by atoms with Gasteiger partial charge in [-0.25, -0.2) is 0 Å². The summed E-state index contributed by atoms with van der Waals surface area (Å²) in [6.07, 6.45) is 2.62. The van der Waals surface area contributed by atoms with Crippen molar-refractivity contribution in [1.82, 2.24) is 10.2 Å². The highest BCUT2D eigenvalue weighted by Crippen LogP contribution is 2.07. The van der Waals surface area contributed by atoms with E-state index < -0.39 is 0 Å². The number of hydrogen-bond acceptors (Lipinski definition) is 4. The summed E-state index contributed by atoms with van der Waals surface area (Å²) in [6.45, 7) is 7.45. The lowest BCUT2D eigenvalue weighted by Crippen LogP contribution is -2.47. The first kappa shape index (κ1) is 12.3. The maximum Gasteiger partial charge on any atom is 0.156 e. The van der Waals surface area contributed by atoms with E-state index in [2.05, 4.69) is 22.3 Å². The number of rotatable bonds is 5. The van der Waals surface area contributed by atoms with Gasteiger partial charge in [-0.15, -0.1) is 0 Å². The third kappa shape index (κ3) is 4.05. The Morgan fingerprint density at radius 1 is 1.47 bits per heavy atom. The average Bonchev–Trinajstić information content (AvgIpc) is 2.68. The SMILES string of the molecule is CC(CN1CCCC1)NC(C)C(N)=NO. The predicted molar refractivity (Wildman–Crippen MR) is 61.1 cm³/mol. The molecule has 2 unspecified atom stereocenters. The van der Waals surface area contributed by atoms with Crippen LogP contribution in [0.2, 0.25) is 0 Å². The van der Waals surface area contributed by atoms with Crippen LogP contribution in [0.4, 0.5) is 0 Å². The lowest BCUT2D eigenvalue weighted by atomic mass is 10.2. The van der Waals surface area contributed by atoms with Crippen molar-refractivity contribution in [2.45, 2.75) is 38.8 Å². The molecule has 0 saturated carbocycles. The Morgan fingerprint density at radius 3 is 2.60 bits per heavy atom. The molecule has 0 aromatic rings. The smallest absolute Gasteiger partial charge is 0.156 e. The Hall–Kier alpha value is -0.810. The van der Waals surface area contributed by atoms with E-state index in [4.69, 9.17) is 10.9 Å². The third-order valence-corrected chi connectivity index (χ3v) is 2.82. The zero-order valence-electron chi connectivity index (χ0n) is 9.61. The summed E-state index contributed by atoms with van der Waals surface area (Å²) in [6, 6.07) is 0.283. The normalized spacial score (nSPS) is 22.9. The van der Waals surface area contributed by atoms with E-state index >= 15 is 0 Å². The van der Waals surface area contributed by atoms with E-state index in [1.165, 1.54) is 25.9 Å². The van der Waals surface area contributed by atoms with Crippen LogP contribution in [0.3, 0.4) is 0 Å². The largest absolute Gasteiger partial charge is 0.409 e. The molecular weight excluding hydrogens is 192 g/mol. The van der Waals surface area contributed by atoms with Crippen molar-refractivity contribution in [3.8, 4) is 0 Å². The van der Waals surface area contributed by atoms with E-state index in [9.17, 15) is 0 Å². The Bertz CT molecular complexity index is 213. The number of nitrogens with two attached hydrogens (primary N) is 1. The number of nitrogens with zero attached hydrogens (tertiary/aromatic N) is 2. The van der Waals surface area contributed by atoms with E-state index in [1.807, 2.05) is 6.92 Å². The molecule has 0 amide bonds. The van der Waals surface area contributed by atoms with E-state index in [1.54, 1.807) is 0 Å². The summed E-state index contributed by atoms with van der Waals surface area (Å²) >= 11 is 0. The van der Waals surface area contributed by atoms with Gasteiger partial charge in [0.15, 0.2) is 5.84 Å². The number of amidine groups is 1. The molecule has 0 aromatic carbocycles. The molecule has 1 saturated heterocycles. The Morgan fingerprint density at radius 2 is 2.07 bits per heavy atom. The molecule has 1 aliphatic heterocycles. The predicted octanol–water partition coefficient (Wildman–Crippen LogP) is 0.195. The molecule has 5 heteroatoms. The van der Waals surface area contributed by atoms with Gasteiger partial charge in [-0.2, -0.15) is 0 Å². The van der Waals surface area contributed by atoms with Crippen LogP contribution in [-0.4, -0.2) is 47.7 Å². The molecule has 0 aromatic heterocycles. The first-order valence-corrected chi connectivity index (χ1v) is 5.59. The second kappa shape index (κ2) is 5.92. The van der Waals surface area contributed by atoms with Crippen LogP contribution in [0.25, 0.3) is 0 Å². The topological polar surface area (TPSA) is 73.9 Å². The van der Waals surface area contributed by atoms with Gasteiger partial charge in [0, 0.05) is 12.6 Å². The van der Waals surface area contributed by atoms with E-state index in [0.717, 1.165) is 6.54 Å². The van der Waals surface area contributed by atoms with Crippen LogP contribution in [0, 0.1) is 0 Å². The first-order chi connectivity index (χ1) is 7.13. The van der Waals surface area contributed by atoms with Gasteiger partial charge in [0.1, 0.15) is 0 Å². The molecule has 0 spiro atoms. The molecule has 0 bridgehead atoms. The molecule has 4 N–H and O–H groups in total. The molecule has 1 fully saturated rings. The van der Waals surface area contributed by atoms with Gasteiger partial charge >= 0.3 is 0 Å². The summed E-state index contributed by atoms with van der Waals surface area (Å²) in [5.74, 6) is 0.239. The maximum atomic E-state index is 8.51. The summed E-state index contributed by atoms with van der Waals surface area (Å²) in [7, 11) is 0. The molecule has 1 aliphatic rings. The van der Waals surface area contributed by atoms with E-state index in [-0.39, 0.29) is 11.9 Å². The van der Waals surface area contributed by atoms with Crippen molar-refractivity contribution in [1.29, 1.82) is 0 Å². The zero-order valence-corrected chi connectivity index (χ0v) is 9.61. The van der Waals surface area contributed by atoms with Crippen molar-refractivity contribution in [2.24, 2.45) is 10.9 Å². The Labute approximate surface area is 91.3 Å². The van der Waals surface area contributed by atoms with Gasteiger partial charge < -0.3 is 21.2 Å². The minimum atomic E-state index is -0.0763. The van der Waals surface area contributed by atoms with Crippen LogP contribution in [-0.2, 0) is 0 Å². The first-order valence-electron chi connectivity index (χ1n) is 5.59. The molecule has 5 nitrogen and oxygen atoms in total. The van der Waals surface area contributed by atoms with Gasteiger partial charge in [0.05, 0.1) is 6.04 Å². The molecule has 0 radical (unpaired) electrons. The zero-order chi connectivity index (χ0) is 11.3. The van der Waals surface area contributed by atoms with Gasteiger partial charge in [-0.3, -0.25) is 0 Å². The lowest BCUT2D eigenvalue weighted by molar-refractivity contribution is 0.292. The van der Waals surface area contributed by atoms with Crippen molar-refractivity contribution in [3.05, 3.63) is 0 Å². The quantitative estimate of drug-likeness (QED) is 0.264. The van der Waals surface area contributed by atoms with Crippen LogP contribution >= 0.6 is 0 Å².